The molecule has 6 heteroatoms. The maximum Gasteiger partial charge on any atom is 0.270 e. The van der Waals surface area contributed by atoms with Crippen LogP contribution in [0.3, 0.4) is 0 Å². The van der Waals surface area contributed by atoms with Gasteiger partial charge in [-0.2, -0.15) is 0 Å². The summed E-state index contributed by atoms with van der Waals surface area (Å²) in [7, 11) is 0. The van der Waals surface area contributed by atoms with E-state index in [2.05, 4.69) is 51.0 Å². The number of hydrogen-bond donors (Lipinski definition) is 1. The molecule has 1 N–H and O–H groups in total. The summed E-state index contributed by atoms with van der Waals surface area (Å²) in [5, 5.41) is 3.12. The molecule has 1 aromatic carbocycles. The lowest BCUT2D eigenvalue weighted by Crippen LogP contribution is -2.36. The Hall–Kier alpha value is -2.60. The molecule has 2 aliphatic rings. The number of rotatable bonds is 3. The molecule has 2 fully saturated rings. The zero-order valence-electron chi connectivity index (χ0n) is 15.2. The molecule has 5 rings (SSSR count). The average Bonchev–Trinajstić information content (AvgIpc) is 3.44. The number of nitrogens with zero attached hydrogens (tertiary/aromatic N) is 3. The first kappa shape index (κ1) is 16.6. The summed E-state index contributed by atoms with van der Waals surface area (Å²) in [6.45, 7) is 4.86. The largest absolute Gasteiger partial charge is 0.357 e. The Morgan fingerprint density at radius 2 is 2.07 bits per heavy atom. The van der Waals surface area contributed by atoms with Crippen molar-refractivity contribution in [1.82, 2.24) is 14.9 Å². The van der Waals surface area contributed by atoms with Crippen molar-refractivity contribution in [2.45, 2.75) is 13.0 Å². The molecule has 0 unspecified atom stereocenters. The van der Waals surface area contributed by atoms with E-state index in [4.69, 9.17) is 0 Å². The number of fused-ring (bicyclic) bond motifs is 1. The van der Waals surface area contributed by atoms with Gasteiger partial charge in [-0.3, -0.25) is 4.79 Å². The first-order chi connectivity index (χ1) is 13.2. The molecule has 0 aliphatic carbocycles. The second-order valence-corrected chi connectivity index (χ2v) is 8.36. The van der Waals surface area contributed by atoms with Gasteiger partial charge in [0.1, 0.15) is 5.69 Å². The number of likely N-dealkylation sites (tertiary alicyclic amines) is 1. The van der Waals surface area contributed by atoms with E-state index in [1.54, 1.807) is 11.3 Å². The summed E-state index contributed by atoms with van der Waals surface area (Å²) in [5.41, 5.74) is 3.19. The number of carbonyl (C=O) groups excluding carboxylic acids is 1. The molecule has 3 atom stereocenters. The van der Waals surface area contributed by atoms with Gasteiger partial charge < -0.3 is 14.8 Å². The zero-order chi connectivity index (χ0) is 18.4. The van der Waals surface area contributed by atoms with Crippen LogP contribution >= 0.6 is 11.3 Å². The number of nitrogens with one attached hydrogen (secondary N) is 1. The Labute approximate surface area is 162 Å². The molecule has 0 spiro atoms. The van der Waals surface area contributed by atoms with Gasteiger partial charge in [0.25, 0.3) is 5.91 Å². The minimum absolute atomic E-state index is 0.100. The topological polar surface area (TPSA) is 52.2 Å². The number of H-pyrrole nitrogens is 1. The Kier molecular flexibility index (Phi) is 4.01. The highest BCUT2D eigenvalue weighted by atomic mass is 32.1. The van der Waals surface area contributed by atoms with Gasteiger partial charge in [0, 0.05) is 49.2 Å². The van der Waals surface area contributed by atoms with Crippen LogP contribution in [0.2, 0.25) is 0 Å². The van der Waals surface area contributed by atoms with E-state index in [1.807, 2.05) is 29.9 Å². The summed E-state index contributed by atoms with van der Waals surface area (Å²) >= 11 is 1.69. The summed E-state index contributed by atoms with van der Waals surface area (Å²) in [6.07, 6.45) is 3.69. The number of anilines is 1. The van der Waals surface area contributed by atoms with E-state index < -0.39 is 0 Å². The molecule has 0 saturated carbocycles. The first-order valence-electron chi connectivity index (χ1n) is 9.36. The predicted molar refractivity (Wildman–Crippen MR) is 107 cm³/mol. The maximum absolute atomic E-state index is 13.2. The van der Waals surface area contributed by atoms with E-state index in [9.17, 15) is 4.79 Å². The van der Waals surface area contributed by atoms with Crippen molar-refractivity contribution in [3.8, 4) is 0 Å². The number of carbonyl (C=O) groups is 1. The van der Waals surface area contributed by atoms with Crippen LogP contribution in [0.15, 0.2) is 54.2 Å². The Bertz CT molecular complexity index is 937. The highest BCUT2D eigenvalue weighted by molar-refractivity contribution is 7.13. The van der Waals surface area contributed by atoms with Gasteiger partial charge in [0.05, 0.1) is 6.04 Å². The Morgan fingerprint density at radius 1 is 1.19 bits per heavy atom. The molecular formula is C21H22N4OS. The highest BCUT2D eigenvalue weighted by Gasteiger charge is 2.50. The van der Waals surface area contributed by atoms with Gasteiger partial charge in [0.15, 0.2) is 5.13 Å². The minimum atomic E-state index is 0.100. The average molecular weight is 379 g/mol. The van der Waals surface area contributed by atoms with Crippen molar-refractivity contribution in [2.24, 2.45) is 11.8 Å². The fourth-order valence-electron chi connectivity index (χ4n) is 4.72. The number of aromatic amines is 1. The third-order valence-electron chi connectivity index (χ3n) is 5.95. The molecule has 1 amide bonds. The van der Waals surface area contributed by atoms with Crippen molar-refractivity contribution in [2.75, 3.05) is 24.5 Å². The van der Waals surface area contributed by atoms with Crippen LogP contribution in [0, 0.1) is 18.8 Å². The molecule has 0 bridgehead atoms. The Balaban J connectivity index is 1.51. The van der Waals surface area contributed by atoms with Gasteiger partial charge >= 0.3 is 0 Å². The molecule has 0 radical (unpaired) electrons. The molecule has 2 saturated heterocycles. The van der Waals surface area contributed by atoms with Crippen LogP contribution in [0.5, 0.6) is 0 Å². The van der Waals surface area contributed by atoms with Gasteiger partial charge in [-0.1, -0.05) is 24.3 Å². The molecule has 2 aliphatic heterocycles. The van der Waals surface area contributed by atoms with E-state index >= 15 is 0 Å². The monoisotopic (exact) mass is 378 g/mol. The van der Waals surface area contributed by atoms with Crippen molar-refractivity contribution in [3.63, 3.8) is 0 Å². The van der Waals surface area contributed by atoms with Gasteiger partial charge in [0.2, 0.25) is 0 Å². The van der Waals surface area contributed by atoms with Crippen LogP contribution < -0.4 is 4.90 Å². The van der Waals surface area contributed by atoms with Crippen LogP contribution in [0.25, 0.3) is 0 Å². The number of benzene rings is 1. The lowest BCUT2D eigenvalue weighted by Gasteiger charge is -2.30. The van der Waals surface area contributed by atoms with E-state index in [0.29, 0.717) is 17.5 Å². The summed E-state index contributed by atoms with van der Waals surface area (Å²) < 4.78 is 0. The van der Waals surface area contributed by atoms with E-state index in [0.717, 1.165) is 24.8 Å². The van der Waals surface area contributed by atoms with Crippen LogP contribution in [-0.4, -0.2) is 40.4 Å². The molecule has 138 valence electrons. The SMILES string of the molecule is Cc1ccccc1[C@@H]1[C@H]2CN(c3nccs3)C[C@H]2CN1C(=O)c1ccc[nH]1. The quantitative estimate of drug-likeness (QED) is 0.756. The van der Waals surface area contributed by atoms with Gasteiger partial charge in [-0.05, 0) is 30.2 Å². The molecule has 2 aromatic heterocycles. The van der Waals surface area contributed by atoms with Crippen LogP contribution in [0.1, 0.15) is 27.7 Å². The Morgan fingerprint density at radius 3 is 2.81 bits per heavy atom. The molecule has 4 heterocycles. The molecule has 3 aromatic rings. The molecular weight excluding hydrogens is 356 g/mol. The van der Waals surface area contributed by atoms with E-state index in [-0.39, 0.29) is 11.9 Å². The van der Waals surface area contributed by atoms with Gasteiger partial charge in [-0.25, -0.2) is 4.98 Å². The number of amides is 1. The smallest absolute Gasteiger partial charge is 0.270 e. The van der Waals surface area contributed by atoms with Crippen LogP contribution in [0.4, 0.5) is 5.13 Å². The summed E-state index contributed by atoms with van der Waals surface area (Å²) in [6, 6.07) is 12.3. The fourth-order valence-corrected chi connectivity index (χ4v) is 5.38. The third-order valence-corrected chi connectivity index (χ3v) is 6.78. The minimum Gasteiger partial charge on any atom is -0.357 e. The fraction of sp³-hybridized carbons (Fsp3) is 0.333. The second kappa shape index (κ2) is 6.53. The number of aromatic nitrogens is 2. The number of thiazole rings is 1. The normalized spacial score (nSPS) is 24.4. The second-order valence-electron chi connectivity index (χ2n) is 7.49. The third kappa shape index (κ3) is 2.75. The maximum atomic E-state index is 13.2. The zero-order valence-corrected chi connectivity index (χ0v) is 16.0. The molecule has 27 heavy (non-hydrogen) atoms. The summed E-state index contributed by atoms with van der Waals surface area (Å²) in [4.78, 5) is 25.3. The highest BCUT2D eigenvalue weighted by Crippen LogP contribution is 2.47. The first-order valence-corrected chi connectivity index (χ1v) is 10.2. The summed E-state index contributed by atoms with van der Waals surface area (Å²) in [5.74, 6) is 0.995. The van der Waals surface area contributed by atoms with Crippen molar-refractivity contribution >= 4 is 22.4 Å². The van der Waals surface area contributed by atoms with Crippen molar-refractivity contribution in [3.05, 3.63) is 71.0 Å². The predicted octanol–water partition coefficient (Wildman–Crippen LogP) is 3.73. The number of hydrogen-bond acceptors (Lipinski definition) is 4. The lowest BCUT2D eigenvalue weighted by atomic mass is 9.87. The van der Waals surface area contributed by atoms with Gasteiger partial charge in [-0.15, -0.1) is 11.3 Å². The van der Waals surface area contributed by atoms with Crippen LogP contribution in [-0.2, 0) is 0 Å². The standard InChI is InChI=1S/C21H22N4OS/c1-14-5-2-3-6-16(14)19-17-13-24(21-23-9-10-27-21)11-15(17)12-25(19)20(26)18-7-4-8-22-18/h2-10,15,17,19,22H,11-13H2,1H3/t15-,17-,19+/m0/s1. The molecule has 5 nitrogen and oxygen atoms in total. The van der Waals surface area contributed by atoms with Crippen molar-refractivity contribution < 1.29 is 4.79 Å². The van der Waals surface area contributed by atoms with Crippen molar-refractivity contribution in [1.29, 1.82) is 0 Å². The number of aryl methyl sites for hydroxylation is 1. The van der Waals surface area contributed by atoms with E-state index in [1.165, 1.54) is 11.1 Å². The lowest BCUT2D eigenvalue weighted by molar-refractivity contribution is 0.0710.